The van der Waals surface area contributed by atoms with E-state index in [2.05, 4.69) is 15.0 Å². The summed E-state index contributed by atoms with van der Waals surface area (Å²) >= 11 is 0. The second-order valence-electron chi connectivity index (χ2n) is 6.35. The molecule has 0 fully saturated rings. The molecule has 0 aliphatic heterocycles. The van der Waals surface area contributed by atoms with Crippen molar-refractivity contribution in [3.63, 3.8) is 0 Å². The van der Waals surface area contributed by atoms with Crippen molar-refractivity contribution in [1.82, 2.24) is 24.4 Å². The molecule has 4 rings (SSSR count). The van der Waals surface area contributed by atoms with Gasteiger partial charge in [0.05, 0.1) is 19.1 Å². The molecule has 0 spiro atoms. The summed E-state index contributed by atoms with van der Waals surface area (Å²) in [5.41, 5.74) is 9.36. The lowest BCUT2D eigenvalue weighted by atomic mass is 10.1. The van der Waals surface area contributed by atoms with Gasteiger partial charge < -0.3 is 19.6 Å². The van der Waals surface area contributed by atoms with Crippen LogP contribution in [0.3, 0.4) is 0 Å². The zero-order valence-electron chi connectivity index (χ0n) is 15.0. The minimum absolute atomic E-state index is 0.0294. The summed E-state index contributed by atoms with van der Waals surface area (Å²) in [5, 5.41) is 0. The van der Waals surface area contributed by atoms with E-state index in [9.17, 15) is 4.79 Å². The van der Waals surface area contributed by atoms with E-state index in [1.54, 1.807) is 43.7 Å². The van der Waals surface area contributed by atoms with Crippen LogP contribution in [0.4, 0.5) is 5.95 Å². The first kappa shape index (κ1) is 16.8. The molecule has 0 aliphatic rings. The predicted molar refractivity (Wildman–Crippen MR) is 101 cm³/mol. The number of hydrogen-bond acceptors (Lipinski definition) is 6. The van der Waals surface area contributed by atoms with Crippen molar-refractivity contribution >= 4 is 23.0 Å². The zero-order chi connectivity index (χ0) is 19.0. The average molecular weight is 362 g/mol. The fraction of sp³-hybridized carbons (Fsp3) is 0.158. The summed E-state index contributed by atoms with van der Waals surface area (Å²) in [6, 6.07) is 11.1. The number of anilines is 1. The van der Waals surface area contributed by atoms with E-state index in [0.29, 0.717) is 34.7 Å². The largest absolute Gasteiger partial charge is 0.463 e. The van der Waals surface area contributed by atoms with Gasteiger partial charge in [-0.05, 0) is 29.8 Å². The molecule has 27 heavy (non-hydrogen) atoms. The smallest absolute Gasteiger partial charge is 0.253 e. The molecule has 3 aromatic heterocycles. The highest BCUT2D eigenvalue weighted by molar-refractivity contribution is 5.93. The number of rotatable bonds is 4. The molecule has 0 unspecified atom stereocenters. The van der Waals surface area contributed by atoms with Crippen LogP contribution in [0.1, 0.15) is 15.9 Å². The quantitative estimate of drug-likeness (QED) is 0.598. The molecule has 3 heterocycles. The second-order valence-corrected chi connectivity index (χ2v) is 6.35. The molecule has 0 aliphatic carbocycles. The third-order valence-electron chi connectivity index (χ3n) is 4.20. The fourth-order valence-corrected chi connectivity index (χ4v) is 2.87. The number of amides is 1. The van der Waals surface area contributed by atoms with Crippen LogP contribution in [0.2, 0.25) is 0 Å². The lowest BCUT2D eigenvalue weighted by Crippen LogP contribution is -2.21. The summed E-state index contributed by atoms with van der Waals surface area (Å²) < 4.78 is 7.33. The van der Waals surface area contributed by atoms with Crippen molar-refractivity contribution in [3.8, 4) is 11.5 Å². The number of carbonyl (C=O) groups excluding carboxylic acids is 1. The Morgan fingerprint density at radius 1 is 1.19 bits per heavy atom. The van der Waals surface area contributed by atoms with Gasteiger partial charge in [-0.25, -0.2) is 9.97 Å². The Bertz CT molecular complexity index is 1100. The number of nitrogens with zero attached hydrogens (tertiary/aromatic N) is 5. The number of fused-ring (bicyclic) bond motifs is 1. The van der Waals surface area contributed by atoms with Crippen LogP contribution >= 0.6 is 0 Å². The maximum atomic E-state index is 12.0. The van der Waals surface area contributed by atoms with E-state index in [0.717, 1.165) is 5.56 Å². The van der Waals surface area contributed by atoms with Gasteiger partial charge in [-0.2, -0.15) is 4.98 Å². The van der Waals surface area contributed by atoms with Crippen LogP contribution in [0.25, 0.3) is 22.6 Å². The van der Waals surface area contributed by atoms with Gasteiger partial charge in [0.2, 0.25) is 5.95 Å². The molecular formula is C19H18N6O2. The average Bonchev–Trinajstić information content (AvgIpc) is 3.32. The molecule has 0 bridgehead atoms. The SMILES string of the molecule is CN(C)C(=O)c1ccc(Cn2cnc3c(-c4ccco4)nc(N)nc32)cc1. The molecule has 1 aromatic carbocycles. The van der Waals surface area contributed by atoms with E-state index in [1.165, 1.54) is 0 Å². The molecule has 2 N–H and O–H groups in total. The number of carbonyl (C=O) groups is 1. The van der Waals surface area contributed by atoms with Crippen LogP contribution in [0, 0.1) is 0 Å². The van der Waals surface area contributed by atoms with Crippen molar-refractivity contribution in [2.75, 3.05) is 19.8 Å². The van der Waals surface area contributed by atoms with Crippen LogP contribution in [-0.4, -0.2) is 44.4 Å². The van der Waals surface area contributed by atoms with Gasteiger partial charge in [0, 0.05) is 19.7 Å². The molecule has 8 heteroatoms. The van der Waals surface area contributed by atoms with Gasteiger partial charge in [0.25, 0.3) is 5.91 Å². The maximum Gasteiger partial charge on any atom is 0.253 e. The summed E-state index contributed by atoms with van der Waals surface area (Å²) in [5.74, 6) is 0.715. The number of nitrogen functional groups attached to an aromatic ring is 1. The van der Waals surface area contributed by atoms with Gasteiger partial charge in [0.1, 0.15) is 11.2 Å². The lowest BCUT2D eigenvalue weighted by molar-refractivity contribution is 0.0827. The summed E-state index contributed by atoms with van der Waals surface area (Å²) in [7, 11) is 3.46. The van der Waals surface area contributed by atoms with Crippen LogP contribution < -0.4 is 5.73 Å². The first-order valence-electron chi connectivity index (χ1n) is 8.36. The van der Waals surface area contributed by atoms with Crippen LogP contribution in [0.5, 0.6) is 0 Å². The number of hydrogen-bond donors (Lipinski definition) is 1. The van der Waals surface area contributed by atoms with Crippen molar-refractivity contribution in [2.45, 2.75) is 6.54 Å². The van der Waals surface area contributed by atoms with Crippen molar-refractivity contribution in [3.05, 3.63) is 60.1 Å². The highest BCUT2D eigenvalue weighted by Crippen LogP contribution is 2.26. The van der Waals surface area contributed by atoms with Crippen LogP contribution in [0.15, 0.2) is 53.4 Å². The molecule has 0 radical (unpaired) electrons. The lowest BCUT2D eigenvalue weighted by Gasteiger charge is -2.11. The van der Waals surface area contributed by atoms with E-state index >= 15 is 0 Å². The van der Waals surface area contributed by atoms with Crippen molar-refractivity contribution in [2.24, 2.45) is 0 Å². The Labute approximate surface area is 155 Å². The zero-order valence-corrected chi connectivity index (χ0v) is 15.0. The fourth-order valence-electron chi connectivity index (χ4n) is 2.87. The minimum atomic E-state index is -0.0294. The highest BCUT2D eigenvalue weighted by atomic mass is 16.3. The van der Waals surface area contributed by atoms with E-state index in [4.69, 9.17) is 10.2 Å². The van der Waals surface area contributed by atoms with E-state index in [-0.39, 0.29) is 11.9 Å². The molecular weight excluding hydrogens is 344 g/mol. The van der Waals surface area contributed by atoms with Gasteiger partial charge in [-0.3, -0.25) is 4.79 Å². The third-order valence-corrected chi connectivity index (χ3v) is 4.20. The summed E-state index contributed by atoms with van der Waals surface area (Å²) in [6.45, 7) is 0.543. The van der Waals surface area contributed by atoms with Crippen LogP contribution in [-0.2, 0) is 6.54 Å². The first-order valence-corrected chi connectivity index (χ1v) is 8.36. The Hall–Kier alpha value is -3.68. The van der Waals surface area contributed by atoms with E-state index in [1.807, 2.05) is 28.8 Å². The number of benzene rings is 1. The standard InChI is InChI=1S/C19H18N6O2/c1-24(2)18(26)13-7-5-12(6-8-13)10-25-11-21-16-15(14-4-3-9-27-14)22-19(20)23-17(16)25/h3-9,11H,10H2,1-2H3,(H2,20,22,23). The number of imidazole rings is 1. The first-order chi connectivity index (χ1) is 13.0. The predicted octanol–water partition coefficient (Wildman–Crippen LogP) is 2.42. The molecule has 8 nitrogen and oxygen atoms in total. The monoisotopic (exact) mass is 362 g/mol. The Morgan fingerprint density at radius 2 is 1.96 bits per heavy atom. The van der Waals surface area contributed by atoms with Gasteiger partial charge in [-0.1, -0.05) is 12.1 Å². The maximum absolute atomic E-state index is 12.0. The van der Waals surface area contributed by atoms with Gasteiger partial charge in [-0.15, -0.1) is 0 Å². The highest BCUT2D eigenvalue weighted by Gasteiger charge is 2.16. The van der Waals surface area contributed by atoms with Gasteiger partial charge in [0.15, 0.2) is 11.4 Å². The molecule has 0 saturated carbocycles. The second kappa shape index (κ2) is 6.56. The summed E-state index contributed by atoms with van der Waals surface area (Å²) in [6.07, 6.45) is 3.27. The van der Waals surface area contributed by atoms with Crippen molar-refractivity contribution in [1.29, 1.82) is 0 Å². The molecule has 1 amide bonds. The molecule has 0 atom stereocenters. The molecule has 0 saturated heterocycles. The Kier molecular flexibility index (Phi) is 4.08. The molecule has 4 aromatic rings. The minimum Gasteiger partial charge on any atom is -0.463 e. The van der Waals surface area contributed by atoms with E-state index < -0.39 is 0 Å². The van der Waals surface area contributed by atoms with Crippen molar-refractivity contribution < 1.29 is 9.21 Å². The summed E-state index contributed by atoms with van der Waals surface area (Å²) in [4.78, 5) is 26.6. The number of aromatic nitrogens is 4. The van der Waals surface area contributed by atoms with Gasteiger partial charge >= 0.3 is 0 Å². The Morgan fingerprint density at radius 3 is 2.63 bits per heavy atom. The number of furan rings is 1. The number of nitrogens with two attached hydrogens (primary N) is 1. The topological polar surface area (TPSA) is 103 Å². The molecule has 136 valence electrons. The third kappa shape index (κ3) is 3.12. The normalized spacial score (nSPS) is 11.0. The Balaban J connectivity index is 1.68.